The van der Waals surface area contributed by atoms with E-state index in [-0.39, 0.29) is 18.0 Å². The molecule has 1 amide bonds. The Hall–Kier alpha value is -0.650. The predicted octanol–water partition coefficient (Wildman–Crippen LogP) is -0.714. The van der Waals surface area contributed by atoms with Gasteiger partial charge in [-0.1, -0.05) is 6.92 Å². The van der Waals surface area contributed by atoms with Gasteiger partial charge in [0.05, 0.1) is 6.04 Å². The molecule has 1 fully saturated rings. The summed E-state index contributed by atoms with van der Waals surface area (Å²) < 4.78 is 0. The van der Waals surface area contributed by atoms with Crippen LogP contribution in [0.15, 0.2) is 0 Å². The number of carbonyl (C=O) groups excluding carboxylic acids is 1. The van der Waals surface area contributed by atoms with Crippen LogP contribution in [0.5, 0.6) is 0 Å². The first-order chi connectivity index (χ1) is 7.04. The van der Waals surface area contributed by atoms with Crippen LogP contribution in [0.3, 0.4) is 0 Å². The Balaban J connectivity index is 2.53. The van der Waals surface area contributed by atoms with Crippen LogP contribution < -0.4 is 5.32 Å². The second-order valence-corrected chi connectivity index (χ2v) is 4.03. The van der Waals surface area contributed by atoms with Crippen LogP contribution in [0.25, 0.3) is 0 Å². The number of nitrogens with one attached hydrogen (secondary N) is 1. The van der Waals surface area contributed by atoms with Crippen molar-refractivity contribution in [1.29, 1.82) is 0 Å². The Kier molecular flexibility index (Phi) is 4.50. The summed E-state index contributed by atoms with van der Waals surface area (Å²) in [6.07, 6.45) is 0.142. The molecule has 0 aromatic rings. The van der Waals surface area contributed by atoms with Gasteiger partial charge in [0.1, 0.15) is 0 Å². The molecule has 0 aromatic carbocycles. The Bertz CT molecular complexity index is 221. The second kappa shape index (κ2) is 5.44. The number of likely N-dealkylation sites (N-methyl/N-ethyl adjacent to an activating group) is 1. The molecule has 1 saturated heterocycles. The highest BCUT2D eigenvalue weighted by atomic mass is 16.5. The monoisotopic (exact) mass is 216 g/mol. The average molecular weight is 216 g/mol. The van der Waals surface area contributed by atoms with Gasteiger partial charge in [0.15, 0.2) is 6.29 Å². The highest BCUT2D eigenvalue weighted by Gasteiger charge is 2.31. The van der Waals surface area contributed by atoms with Crippen molar-refractivity contribution >= 4 is 5.91 Å². The molecule has 88 valence electrons. The van der Waals surface area contributed by atoms with Gasteiger partial charge in [0.2, 0.25) is 5.91 Å². The number of carbonyl (C=O) groups is 1. The Morgan fingerprint density at radius 1 is 1.60 bits per heavy atom. The zero-order valence-electron chi connectivity index (χ0n) is 9.31. The molecule has 5 nitrogen and oxygen atoms in total. The molecule has 0 spiro atoms. The lowest BCUT2D eigenvalue weighted by Gasteiger charge is -2.39. The van der Waals surface area contributed by atoms with E-state index in [2.05, 4.69) is 5.32 Å². The summed E-state index contributed by atoms with van der Waals surface area (Å²) in [5, 5.41) is 21.3. The Labute approximate surface area is 90.1 Å². The smallest absolute Gasteiger partial charge is 0.217 e. The van der Waals surface area contributed by atoms with E-state index >= 15 is 0 Å². The first kappa shape index (κ1) is 12.4. The largest absolute Gasteiger partial charge is 0.367 e. The van der Waals surface area contributed by atoms with Crippen LogP contribution >= 0.6 is 0 Å². The van der Waals surface area contributed by atoms with Crippen molar-refractivity contribution < 1.29 is 15.0 Å². The van der Waals surface area contributed by atoms with Crippen LogP contribution in [0.1, 0.15) is 26.7 Å². The van der Waals surface area contributed by atoms with E-state index in [0.29, 0.717) is 6.42 Å². The van der Waals surface area contributed by atoms with Crippen LogP contribution in [-0.4, -0.2) is 52.5 Å². The Morgan fingerprint density at radius 3 is 2.73 bits per heavy atom. The zero-order chi connectivity index (χ0) is 11.4. The van der Waals surface area contributed by atoms with Gasteiger partial charge >= 0.3 is 0 Å². The molecular formula is C10H20N2O3. The van der Waals surface area contributed by atoms with Crippen LogP contribution in [0.4, 0.5) is 0 Å². The van der Waals surface area contributed by atoms with Crippen molar-refractivity contribution in [2.75, 3.05) is 13.1 Å². The van der Waals surface area contributed by atoms with Crippen molar-refractivity contribution in [2.45, 2.75) is 45.1 Å². The van der Waals surface area contributed by atoms with Crippen LogP contribution in [-0.2, 0) is 4.79 Å². The number of aliphatic hydroxyl groups excluding tert-OH is 1. The van der Waals surface area contributed by atoms with E-state index in [1.165, 1.54) is 6.92 Å². The van der Waals surface area contributed by atoms with Gasteiger partial charge in [-0.3, -0.25) is 9.69 Å². The molecule has 2 unspecified atom stereocenters. The fourth-order valence-electron chi connectivity index (χ4n) is 2.17. The number of aliphatic hydroxyl groups is 2. The molecule has 5 heteroatoms. The number of amides is 1. The molecule has 1 aliphatic heterocycles. The number of hydrogen-bond donors (Lipinski definition) is 3. The summed E-state index contributed by atoms with van der Waals surface area (Å²) in [4.78, 5) is 12.9. The quantitative estimate of drug-likeness (QED) is 0.545. The molecule has 0 aliphatic carbocycles. The molecular weight excluding hydrogens is 196 g/mol. The maximum Gasteiger partial charge on any atom is 0.217 e. The molecule has 0 bridgehead atoms. The summed E-state index contributed by atoms with van der Waals surface area (Å²) in [5.74, 6) is -0.0591. The van der Waals surface area contributed by atoms with Crippen LogP contribution in [0, 0.1) is 0 Å². The minimum atomic E-state index is -1.33. The van der Waals surface area contributed by atoms with Gasteiger partial charge in [0, 0.05) is 19.5 Å². The molecule has 0 aromatic heterocycles. The van der Waals surface area contributed by atoms with Crippen molar-refractivity contribution in [3.05, 3.63) is 0 Å². The number of nitrogens with zero attached hydrogens (tertiary/aromatic N) is 1. The van der Waals surface area contributed by atoms with E-state index in [0.717, 1.165) is 19.5 Å². The standard InChI is InChI=1S/C10H20N2O3/c1-3-12-5-4-8(11-7(2)13)6-9(12)10(14)15/h8-10,14-15H,3-6H2,1-2H3,(H,11,13). The third-order valence-electron chi connectivity index (χ3n) is 2.92. The summed E-state index contributed by atoms with van der Waals surface area (Å²) in [6.45, 7) is 5.07. The topological polar surface area (TPSA) is 72.8 Å². The van der Waals surface area contributed by atoms with E-state index in [9.17, 15) is 15.0 Å². The van der Waals surface area contributed by atoms with E-state index in [1.807, 2.05) is 11.8 Å². The summed E-state index contributed by atoms with van der Waals surface area (Å²) in [5.41, 5.74) is 0. The van der Waals surface area contributed by atoms with Gasteiger partial charge in [-0.25, -0.2) is 0 Å². The third-order valence-corrected chi connectivity index (χ3v) is 2.92. The highest BCUT2D eigenvalue weighted by Crippen LogP contribution is 2.19. The molecule has 15 heavy (non-hydrogen) atoms. The zero-order valence-corrected chi connectivity index (χ0v) is 9.31. The average Bonchev–Trinajstić information content (AvgIpc) is 2.16. The summed E-state index contributed by atoms with van der Waals surface area (Å²) >= 11 is 0. The van der Waals surface area contributed by atoms with E-state index in [4.69, 9.17) is 0 Å². The lowest BCUT2D eigenvalue weighted by atomic mass is 9.96. The normalized spacial score (nSPS) is 28.1. The summed E-state index contributed by atoms with van der Waals surface area (Å²) in [6, 6.07) is -0.197. The van der Waals surface area contributed by atoms with Crippen molar-refractivity contribution in [2.24, 2.45) is 0 Å². The van der Waals surface area contributed by atoms with Gasteiger partial charge in [0.25, 0.3) is 0 Å². The minimum Gasteiger partial charge on any atom is -0.367 e. The van der Waals surface area contributed by atoms with Gasteiger partial charge in [-0.05, 0) is 19.4 Å². The number of likely N-dealkylation sites (tertiary alicyclic amines) is 1. The molecule has 1 aliphatic rings. The first-order valence-corrected chi connectivity index (χ1v) is 5.42. The SMILES string of the molecule is CCN1CCC(NC(C)=O)CC1C(O)O. The van der Waals surface area contributed by atoms with Crippen LogP contribution in [0.2, 0.25) is 0 Å². The minimum absolute atomic E-state index is 0.0591. The molecule has 1 heterocycles. The lowest BCUT2D eigenvalue weighted by Crippen LogP contribution is -2.53. The highest BCUT2D eigenvalue weighted by molar-refractivity contribution is 5.73. The van der Waals surface area contributed by atoms with Gasteiger partial charge < -0.3 is 15.5 Å². The van der Waals surface area contributed by atoms with E-state index < -0.39 is 6.29 Å². The fraction of sp³-hybridized carbons (Fsp3) is 0.900. The summed E-state index contributed by atoms with van der Waals surface area (Å²) in [7, 11) is 0. The fourth-order valence-corrected chi connectivity index (χ4v) is 2.17. The number of piperidine rings is 1. The van der Waals surface area contributed by atoms with Crippen molar-refractivity contribution in [3.63, 3.8) is 0 Å². The van der Waals surface area contributed by atoms with Gasteiger partial charge in [-0.15, -0.1) is 0 Å². The second-order valence-electron chi connectivity index (χ2n) is 4.03. The molecule has 3 N–H and O–H groups in total. The number of rotatable bonds is 3. The molecule has 0 saturated carbocycles. The van der Waals surface area contributed by atoms with E-state index in [1.54, 1.807) is 0 Å². The maximum absolute atomic E-state index is 10.9. The molecule has 1 rings (SSSR count). The van der Waals surface area contributed by atoms with Crippen molar-refractivity contribution in [1.82, 2.24) is 10.2 Å². The predicted molar refractivity (Wildman–Crippen MR) is 56.1 cm³/mol. The van der Waals surface area contributed by atoms with Crippen molar-refractivity contribution in [3.8, 4) is 0 Å². The molecule has 2 atom stereocenters. The third kappa shape index (κ3) is 3.44. The molecule has 0 radical (unpaired) electrons. The first-order valence-electron chi connectivity index (χ1n) is 5.42. The van der Waals surface area contributed by atoms with Gasteiger partial charge in [-0.2, -0.15) is 0 Å². The maximum atomic E-state index is 10.9. The number of hydrogen-bond acceptors (Lipinski definition) is 4. The lowest BCUT2D eigenvalue weighted by molar-refractivity contribution is -0.124. The Morgan fingerprint density at radius 2 is 2.27 bits per heavy atom.